The Morgan fingerprint density at radius 3 is 1.84 bits per heavy atom. The monoisotopic (exact) mass is 353 g/mol. The summed E-state index contributed by atoms with van der Waals surface area (Å²) in [5.74, 6) is 4.41. The van der Waals surface area contributed by atoms with E-state index in [0.717, 1.165) is 6.42 Å². The van der Waals surface area contributed by atoms with E-state index in [-0.39, 0.29) is 9.41 Å². The molecule has 0 aliphatic rings. The van der Waals surface area contributed by atoms with E-state index in [1.54, 1.807) is 5.43 Å². The lowest BCUT2D eigenvalue weighted by Crippen LogP contribution is -2.18. The van der Waals surface area contributed by atoms with Gasteiger partial charge in [-0.3, -0.25) is 19.6 Å². The van der Waals surface area contributed by atoms with Crippen molar-refractivity contribution in [1.82, 2.24) is 5.43 Å². The van der Waals surface area contributed by atoms with Crippen molar-refractivity contribution < 1.29 is 14.2 Å². The van der Waals surface area contributed by atoms with Crippen molar-refractivity contribution in [1.29, 1.82) is 0 Å². The third-order valence-electron chi connectivity index (χ3n) is 2.65. The second kappa shape index (κ2) is 21.0. The van der Waals surface area contributed by atoms with Gasteiger partial charge in [-0.1, -0.05) is 79.1 Å². The molecule has 0 heterocycles. The van der Waals surface area contributed by atoms with Crippen LogP contribution in [0.3, 0.4) is 0 Å². The molecule has 2 aromatic rings. The molecule has 0 aliphatic heterocycles. The lowest BCUT2D eigenvalue weighted by Gasteiger charge is -1.98. The number of carbonyl (C=O) groups is 1. The number of rotatable bonds is 5. The van der Waals surface area contributed by atoms with Crippen molar-refractivity contribution in [2.24, 2.45) is 11.0 Å². The van der Waals surface area contributed by atoms with E-state index < -0.39 is 0 Å². The van der Waals surface area contributed by atoms with Crippen LogP contribution < -0.4 is 11.3 Å². The molecule has 138 valence electrons. The first-order chi connectivity index (χ1) is 11.3. The summed E-state index contributed by atoms with van der Waals surface area (Å²) >= 11 is 0. The number of nitrogens with zero attached hydrogens (tertiary/aromatic N) is 3. The maximum Gasteiger partial charge on any atom is 0.221 e. The summed E-state index contributed by atoms with van der Waals surface area (Å²) in [6.07, 6.45) is 3.92. The Labute approximate surface area is 146 Å². The summed E-state index contributed by atoms with van der Waals surface area (Å²) in [5, 5.41) is 3.51. The predicted molar refractivity (Wildman–Crippen MR) is 98.7 cm³/mol. The molecule has 0 saturated carbocycles. The van der Waals surface area contributed by atoms with Crippen LogP contribution in [0.15, 0.2) is 65.8 Å². The van der Waals surface area contributed by atoms with Crippen LogP contribution in [-0.2, 0) is 11.2 Å². The number of hydrazine groups is 1. The van der Waals surface area contributed by atoms with Gasteiger partial charge in [0.15, 0.2) is 0 Å². The molecule has 0 unspecified atom stereocenters. The number of halogens is 2. The quantitative estimate of drug-likeness (QED) is 0.156. The van der Waals surface area contributed by atoms with Crippen molar-refractivity contribution >= 4 is 12.1 Å². The van der Waals surface area contributed by atoms with E-state index in [9.17, 15) is 0 Å². The van der Waals surface area contributed by atoms with E-state index in [1.807, 2.05) is 60.7 Å². The van der Waals surface area contributed by atoms with Gasteiger partial charge < -0.3 is 0 Å². The average molecular weight is 353 g/mol. The van der Waals surface area contributed by atoms with Crippen molar-refractivity contribution in [3.63, 3.8) is 0 Å². The minimum Gasteiger partial charge on any atom is -0.297 e. The zero-order chi connectivity index (χ0) is 17.2. The summed E-state index contributed by atoms with van der Waals surface area (Å²) in [6, 6.07) is 19.7. The number of aryl methyl sites for hydroxylation is 1. The van der Waals surface area contributed by atoms with Crippen LogP contribution in [0.25, 0.3) is 10.4 Å². The molecule has 0 aliphatic carbocycles. The molecule has 0 fully saturated rings. The summed E-state index contributed by atoms with van der Waals surface area (Å²) in [7, 11) is 0. The first-order valence-electron chi connectivity index (χ1n) is 7.32. The van der Waals surface area contributed by atoms with Crippen LogP contribution in [0.2, 0.25) is 0 Å². The normalized spacial score (nSPS) is 7.60. The Kier molecular flexibility index (Phi) is 22.7. The second-order valence-corrected chi connectivity index (χ2v) is 4.40. The maximum atomic E-state index is 8.94. The van der Waals surface area contributed by atoms with Crippen molar-refractivity contribution in [3.05, 3.63) is 76.7 Å². The lowest BCUT2D eigenvalue weighted by atomic mass is 10.1. The topological polar surface area (TPSA) is 104 Å². The van der Waals surface area contributed by atoms with Gasteiger partial charge in [-0.15, -0.1) is 0 Å². The third-order valence-corrected chi connectivity index (χ3v) is 2.65. The number of amides is 1. The molecule has 2 rings (SSSR count). The molecule has 1 amide bonds. The maximum absolute atomic E-state index is 8.94. The van der Waals surface area contributed by atoms with Gasteiger partial charge in [0.2, 0.25) is 6.41 Å². The fraction of sp³-hybridized carbons (Fsp3) is 0.235. The van der Waals surface area contributed by atoms with Crippen LogP contribution in [0, 0.1) is 0 Å². The van der Waals surface area contributed by atoms with E-state index >= 15 is 0 Å². The highest BCUT2D eigenvalue weighted by Gasteiger charge is 1.91. The fourth-order valence-corrected chi connectivity index (χ4v) is 1.55. The molecule has 6 nitrogen and oxygen atoms in total. The highest BCUT2D eigenvalue weighted by molar-refractivity contribution is 5.44. The first kappa shape index (κ1) is 26.9. The van der Waals surface area contributed by atoms with Crippen LogP contribution in [0.5, 0.6) is 0 Å². The number of hydrogen-bond acceptors (Lipinski definition) is 3. The molecule has 8 heteroatoms. The zero-order valence-electron chi connectivity index (χ0n) is 14.1. The Balaban J connectivity index is -0.000000339. The van der Waals surface area contributed by atoms with Gasteiger partial charge >= 0.3 is 0 Å². The number of carbonyl (C=O) groups excluding carboxylic acids is 1. The van der Waals surface area contributed by atoms with Gasteiger partial charge in [0.1, 0.15) is 0 Å². The van der Waals surface area contributed by atoms with Crippen LogP contribution in [0.1, 0.15) is 25.3 Å². The number of unbranched alkanes of at least 4 members (excludes halogenated alkanes) is 1. The number of benzene rings is 2. The number of nitrogens with one attached hydrogen (secondary N) is 1. The van der Waals surface area contributed by atoms with E-state index in [4.69, 9.17) is 10.3 Å². The molecular weight excluding hydrogens is 328 g/mol. The van der Waals surface area contributed by atoms with E-state index in [0.29, 0.717) is 12.1 Å². The largest absolute Gasteiger partial charge is 0.297 e. The molecular formula is C17H25F2N5O. The standard InChI is InChI=1S/C10H13N3.C6H6.CH4N2O.2FH/c1-2-3-4-9-5-7-10(8-6-9)12-13-11;1-2-4-6-5-3-1;2-3-1-4;;/h5-8H,2-4H2,1H3;1-6H;1H,2H2,(H,3,4);2*1H. The van der Waals surface area contributed by atoms with E-state index in [2.05, 4.69) is 22.8 Å². The minimum atomic E-state index is 0. The SMILES string of the molecule is CCCCc1ccc(N=[N+]=[N-])cc1.F.F.NNC=O.c1ccccc1. The van der Waals surface area contributed by atoms with Gasteiger partial charge in [0.25, 0.3) is 0 Å². The molecule has 3 N–H and O–H groups in total. The zero-order valence-corrected chi connectivity index (χ0v) is 14.1. The molecule has 2 aromatic carbocycles. The molecule has 0 spiro atoms. The van der Waals surface area contributed by atoms with Crippen molar-refractivity contribution in [2.75, 3.05) is 0 Å². The number of azide groups is 1. The highest BCUT2D eigenvalue weighted by Crippen LogP contribution is 2.14. The first-order valence-corrected chi connectivity index (χ1v) is 7.32. The number of hydrogen-bond donors (Lipinski definition) is 2. The summed E-state index contributed by atoms with van der Waals surface area (Å²) in [5.41, 5.74) is 11.9. The molecule has 0 bridgehead atoms. The van der Waals surface area contributed by atoms with Gasteiger partial charge in [-0.05, 0) is 23.9 Å². The Bertz CT molecular complexity index is 534. The molecule has 0 aromatic heterocycles. The van der Waals surface area contributed by atoms with Gasteiger partial charge in [0.05, 0.1) is 0 Å². The van der Waals surface area contributed by atoms with E-state index in [1.165, 1.54) is 18.4 Å². The van der Waals surface area contributed by atoms with Gasteiger partial charge in [0, 0.05) is 10.6 Å². The Morgan fingerprint density at radius 1 is 1.08 bits per heavy atom. The smallest absolute Gasteiger partial charge is 0.221 e. The molecule has 0 atom stereocenters. The Morgan fingerprint density at radius 2 is 1.52 bits per heavy atom. The van der Waals surface area contributed by atoms with Crippen LogP contribution >= 0.6 is 0 Å². The van der Waals surface area contributed by atoms with Crippen LogP contribution in [-0.4, -0.2) is 6.41 Å². The predicted octanol–water partition coefficient (Wildman–Crippen LogP) is 4.57. The van der Waals surface area contributed by atoms with Gasteiger partial charge in [-0.25, -0.2) is 5.84 Å². The molecule has 0 saturated heterocycles. The summed E-state index contributed by atoms with van der Waals surface area (Å²) < 4.78 is 0. The molecule has 25 heavy (non-hydrogen) atoms. The summed E-state index contributed by atoms with van der Waals surface area (Å²) in [4.78, 5) is 11.7. The second-order valence-electron chi connectivity index (χ2n) is 4.40. The lowest BCUT2D eigenvalue weighted by molar-refractivity contribution is -0.109. The third kappa shape index (κ3) is 17.2. The number of nitrogens with two attached hydrogens (primary N) is 1. The van der Waals surface area contributed by atoms with Crippen molar-refractivity contribution in [3.8, 4) is 0 Å². The van der Waals surface area contributed by atoms with Gasteiger partial charge in [-0.2, -0.15) is 0 Å². The molecule has 0 radical (unpaired) electrons. The highest BCUT2D eigenvalue weighted by atomic mass is 19.0. The van der Waals surface area contributed by atoms with Crippen molar-refractivity contribution in [2.45, 2.75) is 26.2 Å². The fourth-order valence-electron chi connectivity index (χ4n) is 1.55. The average Bonchev–Trinajstić information content (AvgIpc) is 2.63. The Hall–Kier alpha value is -2.96. The minimum absolute atomic E-state index is 0. The van der Waals surface area contributed by atoms with Crippen LogP contribution in [0.4, 0.5) is 15.1 Å². The summed E-state index contributed by atoms with van der Waals surface area (Å²) in [6.45, 7) is 2.17.